The van der Waals surface area contributed by atoms with Crippen molar-refractivity contribution in [3.63, 3.8) is 0 Å². The summed E-state index contributed by atoms with van der Waals surface area (Å²) in [6, 6.07) is 8.48. The highest BCUT2D eigenvalue weighted by Gasteiger charge is 2.20. The molecule has 0 aliphatic carbocycles. The van der Waals surface area contributed by atoms with Crippen LogP contribution in [-0.2, 0) is 25.7 Å². The Labute approximate surface area is 117 Å². The summed E-state index contributed by atoms with van der Waals surface area (Å²) in [6.07, 6.45) is 0. The first kappa shape index (κ1) is 15.7. The largest absolute Gasteiger partial charge is 0.463 e. The van der Waals surface area contributed by atoms with Gasteiger partial charge in [-0.15, -0.1) is 0 Å². The molecule has 1 rings (SSSR count). The molecule has 1 atom stereocenters. The van der Waals surface area contributed by atoms with Gasteiger partial charge in [-0.25, -0.2) is 0 Å². The second-order valence-electron chi connectivity index (χ2n) is 4.26. The van der Waals surface area contributed by atoms with Crippen LogP contribution < -0.4 is 10.6 Å². The van der Waals surface area contributed by atoms with Crippen molar-refractivity contribution in [2.75, 3.05) is 6.61 Å². The van der Waals surface area contributed by atoms with Crippen LogP contribution in [0.2, 0.25) is 0 Å². The summed E-state index contributed by atoms with van der Waals surface area (Å²) in [5.41, 5.74) is 0.940. The van der Waals surface area contributed by atoms with Crippen LogP contribution in [-0.4, -0.2) is 30.4 Å². The number of carbonyl (C=O) groups is 3. The zero-order valence-electron chi connectivity index (χ0n) is 11.5. The lowest BCUT2D eigenvalue weighted by Gasteiger charge is -2.17. The van der Waals surface area contributed by atoms with Crippen molar-refractivity contribution in [2.45, 2.75) is 26.4 Å². The second-order valence-corrected chi connectivity index (χ2v) is 4.26. The number of benzene rings is 1. The number of hydrogen-bond acceptors (Lipinski definition) is 4. The lowest BCUT2D eigenvalue weighted by Crippen LogP contribution is -2.48. The first-order valence-corrected chi connectivity index (χ1v) is 6.21. The normalized spacial score (nSPS) is 11.3. The first-order chi connectivity index (χ1) is 9.49. The Bertz CT molecular complexity index is 473. The van der Waals surface area contributed by atoms with Gasteiger partial charge < -0.3 is 15.4 Å². The van der Waals surface area contributed by atoms with E-state index < -0.39 is 17.9 Å². The predicted molar refractivity (Wildman–Crippen MR) is 72.5 cm³/mol. The lowest BCUT2D eigenvalue weighted by atomic mass is 10.2. The van der Waals surface area contributed by atoms with Gasteiger partial charge in [0.1, 0.15) is 12.6 Å². The molecule has 108 valence electrons. The molecule has 1 aromatic rings. The molecule has 0 unspecified atom stereocenters. The predicted octanol–water partition coefficient (Wildman–Crippen LogP) is 0.371. The topological polar surface area (TPSA) is 84.5 Å². The number of rotatable bonds is 6. The quantitative estimate of drug-likeness (QED) is 0.736. The Balaban J connectivity index is 2.53. The van der Waals surface area contributed by atoms with E-state index in [0.717, 1.165) is 5.56 Å². The molecule has 2 amide bonds. The molecular formula is C14H18N2O4. The van der Waals surface area contributed by atoms with Gasteiger partial charge >= 0.3 is 5.97 Å². The van der Waals surface area contributed by atoms with Crippen molar-refractivity contribution in [1.29, 1.82) is 0 Å². The van der Waals surface area contributed by atoms with Crippen LogP contribution in [0.25, 0.3) is 0 Å². The highest BCUT2D eigenvalue weighted by Crippen LogP contribution is 1.98. The van der Waals surface area contributed by atoms with Gasteiger partial charge in [0.15, 0.2) is 0 Å². The molecule has 0 aliphatic heterocycles. The van der Waals surface area contributed by atoms with E-state index in [1.165, 1.54) is 13.8 Å². The SMILES string of the molecule is CC(=O)N[C@H](COC(C)=O)C(=O)NCc1ccccc1. The second kappa shape index (κ2) is 7.93. The van der Waals surface area contributed by atoms with E-state index in [1.807, 2.05) is 30.3 Å². The fourth-order valence-electron chi connectivity index (χ4n) is 1.54. The Kier molecular flexibility index (Phi) is 6.22. The fraction of sp³-hybridized carbons (Fsp3) is 0.357. The standard InChI is InChI=1S/C14H18N2O4/c1-10(17)16-13(9-20-11(2)18)14(19)15-8-12-6-4-3-5-7-12/h3-7,13H,8-9H2,1-2H3,(H,15,19)(H,16,17)/t13-/m1/s1. The summed E-state index contributed by atoms with van der Waals surface area (Å²) in [7, 11) is 0. The molecule has 0 aromatic heterocycles. The molecule has 2 N–H and O–H groups in total. The number of nitrogens with one attached hydrogen (secondary N) is 2. The Morgan fingerprint density at radius 3 is 2.35 bits per heavy atom. The van der Waals surface area contributed by atoms with Gasteiger partial charge in [0.2, 0.25) is 11.8 Å². The third-order valence-corrected chi connectivity index (χ3v) is 2.46. The third kappa shape index (κ3) is 5.99. The summed E-state index contributed by atoms with van der Waals surface area (Å²) in [4.78, 5) is 33.8. The van der Waals surface area contributed by atoms with E-state index in [2.05, 4.69) is 10.6 Å². The van der Waals surface area contributed by atoms with E-state index in [4.69, 9.17) is 4.74 Å². The maximum atomic E-state index is 11.9. The van der Waals surface area contributed by atoms with Crippen LogP contribution in [0.4, 0.5) is 0 Å². The number of amides is 2. The van der Waals surface area contributed by atoms with Gasteiger partial charge in [0.25, 0.3) is 0 Å². The minimum Gasteiger partial charge on any atom is -0.463 e. The Hall–Kier alpha value is -2.37. The third-order valence-electron chi connectivity index (χ3n) is 2.46. The molecule has 0 fully saturated rings. The Morgan fingerprint density at radius 2 is 1.80 bits per heavy atom. The summed E-state index contributed by atoms with van der Waals surface area (Å²) in [5.74, 6) is -1.27. The molecule has 0 radical (unpaired) electrons. The minimum absolute atomic E-state index is 0.185. The van der Waals surface area contributed by atoms with E-state index >= 15 is 0 Å². The minimum atomic E-state index is -0.889. The summed E-state index contributed by atoms with van der Waals surface area (Å²) >= 11 is 0. The molecule has 20 heavy (non-hydrogen) atoms. The first-order valence-electron chi connectivity index (χ1n) is 6.21. The smallest absolute Gasteiger partial charge is 0.302 e. The van der Waals surface area contributed by atoms with Crippen LogP contribution >= 0.6 is 0 Å². The van der Waals surface area contributed by atoms with Gasteiger partial charge in [-0.05, 0) is 5.56 Å². The van der Waals surface area contributed by atoms with Crippen molar-refractivity contribution in [3.05, 3.63) is 35.9 Å². The molecule has 0 saturated carbocycles. The highest BCUT2D eigenvalue weighted by atomic mass is 16.5. The van der Waals surface area contributed by atoms with Gasteiger partial charge in [-0.3, -0.25) is 14.4 Å². The molecule has 0 spiro atoms. The van der Waals surface area contributed by atoms with Gasteiger partial charge in [-0.2, -0.15) is 0 Å². The maximum absolute atomic E-state index is 11.9. The molecular weight excluding hydrogens is 260 g/mol. The van der Waals surface area contributed by atoms with Crippen LogP contribution in [0, 0.1) is 0 Å². The molecule has 0 saturated heterocycles. The van der Waals surface area contributed by atoms with Crippen LogP contribution in [0.3, 0.4) is 0 Å². The molecule has 6 nitrogen and oxygen atoms in total. The van der Waals surface area contributed by atoms with E-state index in [0.29, 0.717) is 6.54 Å². The molecule has 0 heterocycles. The van der Waals surface area contributed by atoms with Gasteiger partial charge in [0.05, 0.1) is 0 Å². The van der Waals surface area contributed by atoms with Crippen LogP contribution in [0.15, 0.2) is 30.3 Å². The number of hydrogen-bond donors (Lipinski definition) is 2. The molecule has 1 aromatic carbocycles. The number of esters is 1. The average molecular weight is 278 g/mol. The van der Waals surface area contributed by atoms with Crippen LogP contribution in [0.5, 0.6) is 0 Å². The number of carbonyl (C=O) groups excluding carboxylic acids is 3. The zero-order chi connectivity index (χ0) is 15.0. The molecule has 0 aliphatic rings. The fourth-order valence-corrected chi connectivity index (χ4v) is 1.54. The van der Waals surface area contributed by atoms with Crippen molar-refractivity contribution >= 4 is 17.8 Å². The number of ether oxygens (including phenoxy) is 1. The monoisotopic (exact) mass is 278 g/mol. The molecule has 6 heteroatoms. The summed E-state index contributed by atoms with van der Waals surface area (Å²) in [6.45, 7) is 2.70. The van der Waals surface area contributed by atoms with Gasteiger partial charge in [0, 0.05) is 20.4 Å². The highest BCUT2D eigenvalue weighted by molar-refractivity contribution is 5.87. The summed E-state index contributed by atoms with van der Waals surface area (Å²) < 4.78 is 4.76. The lowest BCUT2D eigenvalue weighted by molar-refractivity contribution is -0.144. The van der Waals surface area contributed by atoms with Gasteiger partial charge in [-0.1, -0.05) is 30.3 Å². The summed E-state index contributed by atoms with van der Waals surface area (Å²) in [5, 5.41) is 5.13. The molecule has 0 bridgehead atoms. The zero-order valence-corrected chi connectivity index (χ0v) is 11.5. The van der Waals surface area contributed by atoms with Crippen molar-refractivity contribution in [3.8, 4) is 0 Å². The maximum Gasteiger partial charge on any atom is 0.302 e. The van der Waals surface area contributed by atoms with E-state index in [1.54, 1.807) is 0 Å². The van der Waals surface area contributed by atoms with E-state index in [9.17, 15) is 14.4 Å². The van der Waals surface area contributed by atoms with Crippen LogP contribution in [0.1, 0.15) is 19.4 Å². The van der Waals surface area contributed by atoms with Crippen molar-refractivity contribution < 1.29 is 19.1 Å². The van der Waals surface area contributed by atoms with E-state index in [-0.39, 0.29) is 12.5 Å². The van der Waals surface area contributed by atoms with Crippen molar-refractivity contribution in [1.82, 2.24) is 10.6 Å². The average Bonchev–Trinajstić information content (AvgIpc) is 2.41. The van der Waals surface area contributed by atoms with Crippen molar-refractivity contribution in [2.24, 2.45) is 0 Å². The Morgan fingerprint density at radius 1 is 1.15 bits per heavy atom.